The van der Waals surface area contributed by atoms with Crippen molar-refractivity contribution < 1.29 is 9.90 Å². The first kappa shape index (κ1) is 15.4. The molecule has 4 rings (SSSR count). The smallest absolute Gasteiger partial charge is 0.137 e. The number of H-pyrrole nitrogens is 1. The molecule has 0 aromatic carbocycles. The molecule has 25 heavy (non-hydrogen) atoms. The van der Waals surface area contributed by atoms with Crippen LogP contribution in [-0.4, -0.2) is 26.3 Å². The van der Waals surface area contributed by atoms with Crippen LogP contribution < -0.4 is 4.90 Å². The highest BCUT2D eigenvalue weighted by atomic mass is 35.5. The lowest BCUT2D eigenvalue weighted by Gasteiger charge is -2.21. The molecule has 1 unspecified atom stereocenters. The number of halogens is 1. The van der Waals surface area contributed by atoms with Gasteiger partial charge in [-0.15, -0.1) is 0 Å². The van der Waals surface area contributed by atoms with Crippen LogP contribution in [0.2, 0.25) is 5.02 Å². The summed E-state index contributed by atoms with van der Waals surface area (Å²) >= 11 is 6.38. The first-order valence-electron chi connectivity index (χ1n) is 7.58. The number of hydrogen-bond acceptors (Lipinski definition) is 5. The van der Waals surface area contributed by atoms with Gasteiger partial charge in [-0.25, -0.2) is 9.97 Å². The van der Waals surface area contributed by atoms with Gasteiger partial charge in [0, 0.05) is 41.9 Å². The Morgan fingerprint density at radius 2 is 2.20 bits per heavy atom. The minimum Gasteiger partial charge on any atom is -0.510 e. The summed E-state index contributed by atoms with van der Waals surface area (Å²) in [4.78, 5) is 24.2. The average Bonchev–Trinajstić information content (AvgIpc) is 3.10. The van der Waals surface area contributed by atoms with Crippen LogP contribution in [0.25, 0.3) is 22.2 Å². The summed E-state index contributed by atoms with van der Waals surface area (Å²) in [5.74, 6) is -0.0468. The molecule has 6 nitrogen and oxygen atoms in total. The van der Waals surface area contributed by atoms with E-state index in [-0.39, 0.29) is 5.76 Å². The molecule has 1 aliphatic heterocycles. The predicted octanol–water partition coefficient (Wildman–Crippen LogP) is 3.83. The van der Waals surface area contributed by atoms with E-state index in [0.29, 0.717) is 17.1 Å². The summed E-state index contributed by atoms with van der Waals surface area (Å²) < 4.78 is 0. The molecule has 0 radical (unpaired) electrons. The largest absolute Gasteiger partial charge is 0.510 e. The molecule has 1 atom stereocenters. The van der Waals surface area contributed by atoms with Gasteiger partial charge in [-0.1, -0.05) is 17.7 Å². The maximum atomic E-state index is 10.9. The van der Waals surface area contributed by atoms with Gasteiger partial charge in [-0.05, 0) is 23.8 Å². The van der Waals surface area contributed by atoms with Crippen LogP contribution in [-0.2, 0) is 4.79 Å². The number of nitrogens with zero attached hydrogens (tertiary/aromatic N) is 3. The molecule has 0 bridgehead atoms. The van der Waals surface area contributed by atoms with Crippen molar-refractivity contribution in [2.75, 3.05) is 4.90 Å². The number of carbonyl (C=O) groups is 1. The van der Waals surface area contributed by atoms with Gasteiger partial charge in [0.05, 0.1) is 10.9 Å². The highest BCUT2D eigenvalue weighted by Crippen LogP contribution is 2.35. The normalized spacial score (nSPS) is 16.9. The Hall–Kier alpha value is -3.12. The zero-order valence-corrected chi connectivity index (χ0v) is 13.7. The quantitative estimate of drug-likeness (QED) is 0.700. The maximum Gasteiger partial charge on any atom is 0.137 e. The van der Waals surface area contributed by atoms with Crippen molar-refractivity contribution in [1.29, 1.82) is 0 Å². The monoisotopic (exact) mass is 352 g/mol. The van der Waals surface area contributed by atoms with Gasteiger partial charge in [0.1, 0.15) is 23.5 Å². The highest BCUT2D eigenvalue weighted by Gasteiger charge is 2.18. The van der Waals surface area contributed by atoms with Crippen LogP contribution in [0.4, 0.5) is 5.82 Å². The van der Waals surface area contributed by atoms with E-state index in [0.717, 1.165) is 22.2 Å². The summed E-state index contributed by atoms with van der Waals surface area (Å²) in [5.41, 5.74) is 2.49. The summed E-state index contributed by atoms with van der Waals surface area (Å²) in [6.07, 6.45) is 10.6. The Kier molecular flexibility index (Phi) is 3.74. The third kappa shape index (κ3) is 2.66. The zero-order valence-electron chi connectivity index (χ0n) is 12.9. The third-order valence-corrected chi connectivity index (χ3v) is 4.34. The fraction of sp³-hybridized carbons (Fsp3) is 0.0556. The van der Waals surface area contributed by atoms with Crippen molar-refractivity contribution in [1.82, 2.24) is 15.0 Å². The van der Waals surface area contributed by atoms with Gasteiger partial charge in [0.25, 0.3) is 0 Å². The topological polar surface area (TPSA) is 82.1 Å². The zero-order chi connectivity index (χ0) is 17.4. The molecular weight excluding hydrogens is 340 g/mol. The van der Waals surface area contributed by atoms with E-state index in [1.165, 1.54) is 6.20 Å². The van der Waals surface area contributed by atoms with Crippen LogP contribution in [0.1, 0.15) is 0 Å². The van der Waals surface area contributed by atoms with E-state index in [4.69, 9.17) is 11.6 Å². The van der Waals surface area contributed by atoms with Gasteiger partial charge >= 0.3 is 0 Å². The van der Waals surface area contributed by atoms with E-state index in [9.17, 15) is 9.90 Å². The number of aldehydes is 1. The number of anilines is 1. The van der Waals surface area contributed by atoms with Gasteiger partial charge in [0.15, 0.2) is 0 Å². The Bertz CT molecular complexity index is 1020. The number of allylic oxidation sites excluding steroid dienone is 1. The number of aromatic amines is 1. The lowest BCUT2D eigenvalue weighted by atomic mass is 10.0. The molecule has 0 spiro atoms. The van der Waals surface area contributed by atoms with Crippen LogP contribution >= 0.6 is 11.6 Å². The Morgan fingerprint density at radius 1 is 1.32 bits per heavy atom. The van der Waals surface area contributed by atoms with Crippen LogP contribution in [0.3, 0.4) is 0 Å². The number of aromatic nitrogens is 3. The average molecular weight is 353 g/mol. The second-order valence-electron chi connectivity index (χ2n) is 5.59. The fourth-order valence-electron chi connectivity index (χ4n) is 2.81. The summed E-state index contributed by atoms with van der Waals surface area (Å²) in [7, 11) is 0. The van der Waals surface area contributed by atoms with E-state index in [2.05, 4.69) is 15.0 Å². The van der Waals surface area contributed by atoms with Gasteiger partial charge in [-0.2, -0.15) is 0 Å². The number of aliphatic hydroxyl groups excluding tert-OH is 1. The van der Waals surface area contributed by atoms with Crippen molar-refractivity contribution in [3.8, 4) is 11.1 Å². The number of pyridine rings is 2. The molecule has 3 aromatic rings. The number of aliphatic hydroxyl groups is 1. The molecule has 0 saturated carbocycles. The first-order valence-corrected chi connectivity index (χ1v) is 7.96. The van der Waals surface area contributed by atoms with E-state index < -0.39 is 5.92 Å². The second kappa shape index (κ2) is 6.07. The molecule has 124 valence electrons. The Morgan fingerprint density at radius 3 is 3.00 bits per heavy atom. The SMILES string of the molecule is O=CC1C=CN(c2cc(-c3c(Cl)cnc4[nH]ccc34)ccn2)C=C1O. The minimum atomic E-state index is -0.617. The Balaban J connectivity index is 1.79. The molecule has 4 heterocycles. The standard InChI is InChI=1S/C18H13ClN4O2/c19-14-8-22-18-13(2-5-21-18)17(14)11-1-4-20-16(7-11)23-6-3-12(10-24)15(25)9-23/h1-10,12,25H,(H,21,22). The van der Waals surface area contributed by atoms with Crippen molar-refractivity contribution >= 4 is 34.7 Å². The summed E-state index contributed by atoms with van der Waals surface area (Å²) in [6, 6.07) is 5.65. The van der Waals surface area contributed by atoms with E-state index in [1.54, 1.807) is 29.6 Å². The number of rotatable bonds is 3. The summed E-state index contributed by atoms with van der Waals surface area (Å²) in [5, 5.41) is 11.4. The molecule has 0 saturated heterocycles. The molecular formula is C18H13ClN4O2. The van der Waals surface area contributed by atoms with Gasteiger partial charge in [-0.3, -0.25) is 0 Å². The lowest BCUT2D eigenvalue weighted by Crippen LogP contribution is -2.18. The maximum absolute atomic E-state index is 10.9. The molecule has 0 aliphatic carbocycles. The second-order valence-corrected chi connectivity index (χ2v) is 6.00. The van der Waals surface area contributed by atoms with Gasteiger partial charge < -0.3 is 19.8 Å². The fourth-order valence-corrected chi connectivity index (χ4v) is 3.07. The molecule has 1 aliphatic rings. The van der Waals surface area contributed by atoms with Crippen molar-refractivity contribution in [3.05, 3.63) is 66.0 Å². The van der Waals surface area contributed by atoms with Crippen LogP contribution in [0.5, 0.6) is 0 Å². The molecule has 2 N–H and O–H groups in total. The molecule has 0 fully saturated rings. The minimum absolute atomic E-state index is 0.0281. The van der Waals surface area contributed by atoms with Crippen LogP contribution in [0.15, 0.2) is 61.0 Å². The first-order chi connectivity index (χ1) is 12.2. The molecule has 3 aromatic heterocycles. The van der Waals surface area contributed by atoms with Crippen molar-refractivity contribution in [3.63, 3.8) is 0 Å². The highest BCUT2D eigenvalue weighted by molar-refractivity contribution is 6.34. The van der Waals surface area contributed by atoms with E-state index >= 15 is 0 Å². The summed E-state index contributed by atoms with van der Waals surface area (Å²) in [6.45, 7) is 0. The van der Waals surface area contributed by atoms with Crippen LogP contribution in [0, 0.1) is 5.92 Å². The number of nitrogens with one attached hydrogen (secondary N) is 1. The number of fused-ring (bicyclic) bond motifs is 1. The number of carbonyl (C=O) groups excluding carboxylic acids is 1. The third-order valence-electron chi connectivity index (χ3n) is 4.05. The van der Waals surface area contributed by atoms with Crippen molar-refractivity contribution in [2.24, 2.45) is 5.92 Å². The lowest BCUT2D eigenvalue weighted by molar-refractivity contribution is -0.109. The molecule has 0 amide bonds. The molecule has 7 heteroatoms. The van der Waals surface area contributed by atoms with Crippen molar-refractivity contribution in [2.45, 2.75) is 0 Å². The number of hydrogen-bond donors (Lipinski definition) is 2. The van der Waals surface area contributed by atoms with E-state index in [1.807, 2.05) is 24.4 Å². The van der Waals surface area contributed by atoms with Gasteiger partial charge in [0.2, 0.25) is 0 Å². The predicted molar refractivity (Wildman–Crippen MR) is 96.2 cm³/mol. The Labute approximate surface area is 148 Å².